The molecule has 0 aliphatic carbocycles. The lowest BCUT2D eigenvalue weighted by atomic mass is 9.92. The molecule has 13 heteroatoms. The Balaban J connectivity index is 0.000000114. The van der Waals surface area contributed by atoms with Crippen LogP contribution in [0.2, 0.25) is 0 Å². The van der Waals surface area contributed by atoms with Crippen LogP contribution in [-0.2, 0) is 0 Å². The van der Waals surface area contributed by atoms with Crippen LogP contribution in [0.1, 0.15) is 0 Å². The van der Waals surface area contributed by atoms with E-state index in [1.54, 1.807) is 12.4 Å². The zero-order valence-electron chi connectivity index (χ0n) is 78.9. The average Bonchev–Trinajstić information content (AvgIpc) is 0.743. The molecule has 0 saturated heterocycles. The molecule has 0 aliphatic heterocycles. The summed E-state index contributed by atoms with van der Waals surface area (Å²) in [5.41, 5.74) is 36.0. The van der Waals surface area contributed by atoms with Gasteiger partial charge in [0.25, 0.3) is 0 Å². The van der Waals surface area contributed by atoms with Crippen molar-refractivity contribution in [2.45, 2.75) is 0 Å². The first kappa shape index (κ1) is 87.6. The predicted molar refractivity (Wildman–Crippen MR) is 598 cm³/mol. The van der Waals surface area contributed by atoms with Gasteiger partial charge in [-0.2, -0.15) is 0 Å². The first-order valence-electron chi connectivity index (χ1n) is 48.7. The van der Waals surface area contributed by atoms with Crippen LogP contribution >= 0.6 is 0 Å². The van der Waals surface area contributed by atoms with Crippen LogP contribution in [-0.4, -0.2) is 64.8 Å². The zero-order chi connectivity index (χ0) is 97.0. The Labute approximate surface area is 842 Å². The highest BCUT2D eigenvalue weighted by atomic mass is 14.9. The van der Waals surface area contributed by atoms with E-state index in [1.807, 2.05) is 165 Å². The average molecular weight is 1870 g/mol. The quantitative estimate of drug-likeness (QED) is 0.0839. The van der Waals surface area contributed by atoms with Gasteiger partial charge in [0.2, 0.25) is 0 Å². The number of benzene rings is 15. The Morgan fingerprint density at radius 3 is 0.836 bits per heavy atom. The standard InChI is InChI=1S/C46H30N4.C45H29N5.C42H26N4/c1-4-12-32(13-5-1)41-29-42(50-46(49-41)35-16-8-3-9-17-35)33-23-21-31(22-24-33)36-25-26-39-43(28-36)48-45(34-14-6-2-7-15-34)40-20-10-19-38(44(39)40)37-18-11-27-47-30-37;1-2-10-32(11-3-1)45-38-14-8-13-36(34-12-9-23-46-29-34)44(38)37-22-21-33(26-41(37)50-45)30-17-19-31(20-18-30)35-27-42(39-15-4-6-24-47-39)49-43(28-35)40-16-5-7-25-48-40;1-3-9-27(10-4-1)36-22-19-29-16-17-30-20-23-37(45-42(30)41(29)44-36)31-18-21-34-38(25-31)46-40(28-11-5-2-6-12-28)35-15-7-14-33(39(34)35)32-13-8-24-43-26-32/h1-30H;1-29H;1-26H. The highest BCUT2D eigenvalue weighted by Crippen LogP contribution is 2.46. The fourth-order valence-corrected chi connectivity index (χ4v) is 19.9. The maximum atomic E-state index is 5.30. The summed E-state index contributed by atoms with van der Waals surface area (Å²) in [7, 11) is 0. The van der Waals surface area contributed by atoms with Crippen LogP contribution in [0.3, 0.4) is 0 Å². The molecule has 13 nitrogen and oxygen atoms in total. The van der Waals surface area contributed by atoms with Gasteiger partial charge in [0.1, 0.15) is 0 Å². The molecule has 146 heavy (non-hydrogen) atoms. The Bertz CT molecular complexity index is 9040. The van der Waals surface area contributed by atoms with E-state index in [9.17, 15) is 0 Å². The summed E-state index contributed by atoms with van der Waals surface area (Å²) < 4.78 is 0. The number of hydrogen-bond acceptors (Lipinski definition) is 13. The molecule has 12 aromatic heterocycles. The monoisotopic (exact) mass is 1860 g/mol. The molecule has 0 radical (unpaired) electrons. The second-order valence-corrected chi connectivity index (χ2v) is 36.0. The van der Waals surface area contributed by atoms with Crippen molar-refractivity contribution < 1.29 is 0 Å². The van der Waals surface area contributed by atoms with E-state index in [0.717, 1.165) is 245 Å². The van der Waals surface area contributed by atoms with Crippen LogP contribution in [0.15, 0.2) is 517 Å². The molecule has 0 aliphatic rings. The van der Waals surface area contributed by atoms with Gasteiger partial charge in [-0.05, 0) is 141 Å². The minimum Gasteiger partial charge on any atom is -0.264 e. The molecule has 15 aromatic carbocycles. The fourth-order valence-electron chi connectivity index (χ4n) is 19.9. The van der Waals surface area contributed by atoms with Crippen LogP contribution in [0.25, 0.3) is 267 Å². The van der Waals surface area contributed by atoms with Crippen molar-refractivity contribution in [3.05, 3.63) is 517 Å². The second-order valence-electron chi connectivity index (χ2n) is 36.0. The Kier molecular flexibility index (Phi) is 23.4. The van der Waals surface area contributed by atoms with Crippen LogP contribution in [0.5, 0.6) is 0 Å². The van der Waals surface area contributed by atoms with Crippen molar-refractivity contribution in [2.75, 3.05) is 0 Å². The van der Waals surface area contributed by atoms with Gasteiger partial charge in [-0.3, -0.25) is 24.9 Å². The SMILES string of the molecule is c1ccc(-c2cc(-c3ccc(-c4ccc5c(c4)nc(-c4ccccc4)c4cccc(-c6cccnc6)c45)cc3)nc(-c3ccccc3)n2)cc1.c1ccc(-c2ccc3ccc4ccc(-c5ccc6c(c5)nc(-c5ccccc5)c5cccc(-c7cccnc7)c56)nc4c3n2)cc1.c1ccc(-c2nc3cc(-c4ccc(-c5cc(-c6ccccn6)nc(-c6ccccn6)c5)cc4)ccc3c3c(-c4cccnc4)cccc23)cc1. The number of nitrogens with zero attached hydrogens (tertiary/aromatic N) is 13. The minimum atomic E-state index is 0.707. The number of hydrogen-bond donors (Lipinski definition) is 0. The third-order valence-corrected chi connectivity index (χ3v) is 27.0. The molecule has 0 saturated carbocycles. The van der Waals surface area contributed by atoms with Crippen molar-refractivity contribution in [2.24, 2.45) is 0 Å². The Hall–Kier alpha value is -19.9. The molecular weight excluding hydrogens is 1780 g/mol. The molecule has 27 aromatic rings. The van der Waals surface area contributed by atoms with Crippen LogP contribution in [0, 0.1) is 0 Å². The summed E-state index contributed by atoms with van der Waals surface area (Å²) in [5, 5.41) is 12.3. The molecule has 0 spiro atoms. The lowest BCUT2D eigenvalue weighted by molar-refractivity contribution is 1.18. The van der Waals surface area contributed by atoms with Gasteiger partial charge >= 0.3 is 0 Å². The van der Waals surface area contributed by atoms with Gasteiger partial charge in [0.15, 0.2) is 5.82 Å². The topological polar surface area (TPSA) is 168 Å². The molecular formula is C133H85N13. The van der Waals surface area contributed by atoms with Gasteiger partial charge in [-0.1, -0.05) is 376 Å². The smallest absolute Gasteiger partial charge is 0.160 e. The largest absolute Gasteiger partial charge is 0.264 e. The lowest BCUT2D eigenvalue weighted by Gasteiger charge is -2.15. The van der Waals surface area contributed by atoms with E-state index < -0.39 is 0 Å². The summed E-state index contributed by atoms with van der Waals surface area (Å²) in [6.07, 6.45) is 14.8. The number of pyridine rings is 11. The van der Waals surface area contributed by atoms with Crippen molar-refractivity contribution in [3.63, 3.8) is 0 Å². The fraction of sp³-hybridized carbons (Fsp3) is 0. The molecule has 12 heterocycles. The summed E-state index contributed by atoms with van der Waals surface area (Å²) >= 11 is 0. The predicted octanol–water partition coefficient (Wildman–Crippen LogP) is 33.1. The van der Waals surface area contributed by atoms with E-state index >= 15 is 0 Å². The van der Waals surface area contributed by atoms with Gasteiger partial charge in [-0.15, -0.1) is 0 Å². The van der Waals surface area contributed by atoms with Gasteiger partial charge in [0.05, 0.1) is 90.2 Å². The van der Waals surface area contributed by atoms with E-state index in [1.165, 1.54) is 16.2 Å². The van der Waals surface area contributed by atoms with Gasteiger partial charge in [-0.25, -0.2) is 39.9 Å². The first-order valence-corrected chi connectivity index (χ1v) is 48.7. The van der Waals surface area contributed by atoms with E-state index in [2.05, 4.69) is 365 Å². The molecule has 0 amide bonds. The highest BCUT2D eigenvalue weighted by Gasteiger charge is 2.23. The second kappa shape index (κ2) is 39.1. The molecule has 0 bridgehead atoms. The van der Waals surface area contributed by atoms with Crippen LogP contribution < -0.4 is 0 Å². The number of aromatic nitrogens is 13. The van der Waals surface area contributed by atoms with Gasteiger partial charge in [0, 0.05) is 170 Å². The molecule has 682 valence electrons. The van der Waals surface area contributed by atoms with Crippen molar-refractivity contribution in [1.29, 1.82) is 0 Å². The zero-order valence-corrected chi connectivity index (χ0v) is 78.9. The molecule has 0 unspecified atom stereocenters. The lowest BCUT2D eigenvalue weighted by Crippen LogP contribution is -1.95. The minimum absolute atomic E-state index is 0.707. The summed E-state index contributed by atoms with van der Waals surface area (Å²) in [4.78, 5) is 63.5. The normalized spacial score (nSPS) is 11.3. The van der Waals surface area contributed by atoms with Crippen LogP contribution in [0.4, 0.5) is 0 Å². The Morgan fingerprint density at radius 2 is 0.459 bits per heavy atom. The van der Waals surface area contributed by atoms with Gasteiger partial charge < -0.3 is 0 Å². The van der Waals surface area contributed by atoms with Crippen molar-refractivity contribution >= 4 is 86.8 Å². The highest BCUT2D eigenvalue weighted by molar-refractivity contribution is 6.21. The first-order chi connectivity index (χ1) is 72.4. The Morgan fingerprint density at radius 1 is 0.144 bits per heavy atom. The van der Waals surface area contributed by atoms with Crippen molar-refractivity contribution in [3.8, 4) is 180 Å². The number of rotatable bonds is 16. The summed E-state index contributed by atoms with van der Waals surface area (Å²) in [5.74, 6) is 0.707. The number of fused-ring (bicyclic) bond motifs is 12. The summed E-state index contributed by atoms with van der Waals surface area (Å²) in [6, 6.07) is 162. The molecule has 0 N–H and O–H groups in total. The molecule has 27 rings (SSSR count). The molecule has 0 fully saturated rings. The van der Waals surface area contributed by atoms with E-state index in [0.29, 0.717) is 5.82 Å². The van der Waals surface area contributed by atoms with E-state index in [4.69, 9.17) is 39.9 Å². The van der Waals surface area contributed by atoms with E-state index in [-0.39, 0.29) is 0 Å². The van der Waals surface area contributed by atoms with Crippen molar-refractivity contribution in [1.82, 2.24) is 64.8 Å². The summed E-state index contributed by atoms with van der Waals surface area (Å²) in [6.45, 7) is 0. The maximum absolute atomic E-state index is 5.30. The third kappa shape index (κ3) is 17.5. The molecule has 0 atom stereocenters. The third-order valence-electron chi connectivity index (χ3n) is 27.0. The maximum Gasteiger partial charge on any atom is 0.160 e.